The molecular formula is C23H24FN5O2. The normalized spacial score (nSPS) is 19.3. The number of alkyl halides is 1. The molecule has 4 heterocycles. The molecule has 3 aromatic rings. The van der Waals surface area contributed by atoms with Crippen molar-refractivity contribution in [3.05, 3.63) is 54.2 Å². The van der Waals surface area contributed by atoms with Crippen LogP contribution < -0.4 is 0 Å². The third-order valence-corrected chi connectivity index (χ3v) is 5.22. The van der Waals surface area contributed by atoms with Crippen molar-refractivity contribution >= 4 is 11.7 Å². The first-order chi connectivity index (χ1) is 14.7. The van der Waals surface area contributed by atoms with Gasteiger partial charge in [-0.2, -0.15) is 5.26 Å². The van der Waals surface area contributed by atoms with Crippen LogP contribution in [-0.2, 0) is 10.4 Å². The predicted octanol–water partition coefficient (Wildman–Crippen LogP) is 4.46. The summed E-state index contributed by atoms with van der Waals surface area (Å²) >= 11 is 0. The Bertz CT molecular complexity index is 1180. The van der Waals surface area contributed by atoms with Crippen LogP contribution in [0.4, 0.5) is 9.18 Å². The second-order valence-corrected chi connectivity index (χ2v) is 8.82. The van der Waals surface area contributed by atoms with Gasteiger partial charge >= 0.3 is 6.09 Å². The molecule has 160 valence electrons. The van der Waals surface area contributed by atoms with Gasteiger partial charge in [-0.3, -0.25) is 0 Å². The van der Waals surface area contributed by atoms with Gasteiger partial charge < -0.3 is 14.0 Å². The molecule has 1 amide bonds. The summed E-state index contributed by atoms with van der Waals surface area (Å²) in [5.41, 5.74) is 0.531. The van der Waals surface area contributed by atoms with E-state index in [9.17, 15) is 4.79 Å². The minimum absolute atomic E-state index is 0.0888. The maximum Gasteiger partial charge on any atom is 0.410 e. The standard InChI is InChI=1S/C23H24FN5O2/c1-22(2,3)31-21(30)29-9-4-7-23(24,15-29)19-14-28-10-6-17(12-20(28)27-19)16-5-8-26-18(11-16)13-25/h5-6,8,10-12,14H,4,7,9,15H2,1-3H3/t23-/m1/s1. The molecule has 0 bridgehead atoms. The number of nitrogens with zero attached hydrogens (tertiary/aromatic N) is 5. The van der Waals surface area contributed by atoms with Gasteiger partial charge in [0.2, 0.25) is 0 Å². The monoisotopic (exact) mass is 421 g/mol. The lowest BCUT2D eigenvalue weighted by molar-refractivity contribution is -0.00765. The number of hydrogen-bond donors (Lipinski definition) is 0. The Morgan fingerprint density at radius 3 is 2.81 bits per heavy atom. The first kappa shape index (κ1) is 20.8. The van der Waals surface area contributed by atoms with Crippen molar-refractivity contribution in [1.82, 2.24) is 19.3 Å². The molecule has 1 atom stereocenters. The second kappa shape index (κ2) is 7.65. The summed E-state index contributed by atoms with van der Waals surface area (Å²) in [7, 11) is 0. The summed E-state index contributed by atoms with van der Waals surface area (Å²) < 4.78 is 23.1. The summed E-state index contributed by atoms with van der Waals surface area (Å²) in [4.78, 5) is 22.4. The summed E-state index contributed by atoms with van der Waals surface area (Å²) in [5.74, 6) is 0. The molecule has 0 aliphatic carbocycles. The van der Waals surface area contributed by atoms with Crippen LogP contribution in [0.15, 0.2) is 42.9 Å². The molecule has 31 heavy (non-hydrogen) atoms. The van der Waals surface area contributed by atoms with E-state index in [0.717, 1.165) is 11.1 Å². The van der Waals surface area contributed by atoms with E-state index in [1.165, 1.54) is 4.90 Å². The van der Waals surface area contributed by atoms with Crippen molar-refractivity contribution in [2.24, 2.45) is 0 Å². The number of rotatable bonds is 2. The van der Waals surface area contributed by atoms with E-state index in [1.807, 2.05) is 30.5 Å². The zero-order chi connectivity index (χ0) is 22.2. The van der Waals surface area contributed by atoms with Crippen LogP contribution >= 0.6 is 0 Å². The predicted molar refractivity (Wildman–Crippen MR) is 113 cm³/mol. The van der Waals surface area contributed by atoms with Crippen molar-refractivity contribution in [3.8, 4) is 17.2 Å². The number of imidazole rings is 1. The van der Waals surface area contributed by atoms with Crippen LogP contribution in [0, 0.1) is 11.3 Å². The van der Waals surface area contributed by atoms with E-state index in [0.29, 0.717) is 36.4 Å². The number of halogens is 1. The van der Waals surface area contributed by atoms with Crippen LogP contribution in [0.3, 0.4) is 0 Å². The maximum absolute atomic E-state index is 15.9. The number of amides is 1. The highest BCUT2D eigenvalue weighted by atomic mass is 19.1. The Balaban J connectivity index is 1.61. The minimum atomic E-state index is -1.74. The van der Waals surface area contributed by atoms with Crippen LogP contribution in [0.5, 0.6) is 0 Å². The number of aromatic nitrogens is 3. The summed E-state index contributed by atoms with van der Waals surface area (Å²) in [6.07, 6.45) is 5.38. The topological polar surface area (TPSA) is 83.5 Å². The Kier molecular flexibility index (Phi) is 5.13. The fraction of sp³-hybridized carbons (Fsp3) is 0.391. The Hall–Kier alpha value is -3.47. The molecule has 4 rings (SSSR count). The van der Waals surface area contributed by atoms with Gasteiger partial charge in [-0.1, -0.05) is 0 Å². The van der Waals surface area contributed by atoms with E-state index < -0.39 is 17.4 Å². The Morgan fingerprint density at radius 2 is 2.06 bits per heavy atom. The number of nitriles is 1. The highest BCUT2D eigenvalue weighted by Crippen LogP contribution is 2.36. The summed E-state index contributed by atoms with van der Waals surface area (Å²) in [5, 5.41) is 9.07. The van der Waals surface area contributed by atoms with Gasteiger partial charge in [0.1, 0.15) is 23.0 Å². The van der Waals surface area contributed by atoms with Crippen LogP contribution in [0.25, 0.3) is 16.8 Å². The van der Waals surface area contributed by atoms with E-state index >= 15 is 4.39 Å². The fourth-order valence-electron chi connectivity index (χ4n) is 3.75. The minimum Gasteiger partial charge on any atom is -0.444 e. The highest BCUT2D eigenvalue weighted by molar-refractivity contribution is 5.69. The Morgan fingerprint density at radius 1 is 1.29 bits per heavy atom. The van der Waals surface area contributed by atoms with Crippen LogP contribution in [-0.4, -0.2) is 44.1 Å². The molecule has 0 saturated carbocycles. The van der Waals surface area contributed by atoms with E-state index in [-0.39, 0.29) is 6.54 Å². The van der Waals surface area contributed by atoms with Crippen molar-refractivity contribution in [1.29, 1.82) is 5.26 Å². The zero-order valence-corrected chi connectivity index (χ0v) is 17.8. The van der Waals surface area contributed by atoms with Crippen molar-refractivity contribution < 1.29 is 13.9 Å². The van der Waals surface area contributed by atoms with Crippen molar-refractivity contribution in [3.63, 3.8) is 0 Å². The number of ether oxygens (including phenoxy) is 1. The molecule has 1 aliphatic rings. The smallest absolute Gasteiger partial charge is 0.410 e. The first-order valence-corrected chi connectivity index (χ1v) is 10.2. The lowest BCUT2D eigenvalue weighted by Crippen LogP contribution is -2.48. The van der Waals surface area contributed by atoms with E-state index in [2.05, 4.69) is 9.97 Å². The lowest BCUT2D eigenvalue weighted by atomic mass is 9.92. The molecule has 8 heteroatoms. The zero-order valence-electron chi connectivity index (χ0n) is 17.8. The molecule has 1 fully saturated rings. The lowest BCUT2D eigenvalue weighted by Gasteiger charge is -2.37. The van der Waals surface area contributed by atoms with Crippen LogP contribution in [0.1, 0.15) is 45.0 Å². The van der Waals surface area contributed by atoms with Gasteiger partial charge in [0.25, 0.3) is 0 Å². The Labute approximate surface area is 180 Å². The second-order valence-electron chi connectivity index (χ2n) is 8.82. The average molecular weight is 421 g/mol. The molecule has 7 nitrogen and oxygen atoms in total. The molecule has 0 radical (unpaired) electrons. The van der Waals surface area contributed by atoms with Crippen molar-refractivity contribution in [2.45, 2.75) is 44.9 Å². The quantitative estimate of drug-likeness (QED) is 0.610. The molecule has 0 spiro atoms. The number of piperidine rings is 1. The highest BCUT2D eigenvalue weighted by Gasteiger charge is 2.42. The third-order valence-electron chi connectivity index (χ3n) is 5.22. The van der Waals surface area contributed by atoms with Gasteiger partial charge in [0.15, 0.2) is 5.67 Å². The summed E-state index contributed by atoms with van der Waals surface area (Å²) in [6, 6.07) is 9.27. The number of likely N-dealkylation sites (tertiary alicyclic amines) is 1. The number of pyridine rings is 2. The van der Waals surface area contributed by atoms with E-state index in [4.69, 9.17) is 10.00 Å². The number of carbonyl (C=O) groups is 1. The van der Waals surface area contributed by atoms with Gasteiger partial charge in [0, 0.05) is 25.1 Å². The largest absolute Gasteiger partial charge is 0.444 e. The van der Waals surface area contributed by atoms with Gasteiger partial charge in [-0.25, -0.2) is 19.2 Å². The average Bonchev–Trinajstić information content (AvgIpc) is 3.17. The molecule has 0 aromatic carbocycles. The molecule has 1 saturated heterocycles. The van der Waals surface area contributed by atoms with Gasteiger partial charge in [-0.15, -0.1) is 0 Å². The molecule has 0 unspecified atom stereocenters. The number of fused-ring (bicyclic) bond motifs is 1. The molecule has 3 aromatic heterocycles. The van der Waals surface area contributed by atoms with Crippen LogP contribution in [0.2, 0.25) is 0 Å². The molecular weight excluding hydrogens is 397 g/mol. The van der Waals surface area contributed by atoms with E-state index in [1.54, 1.807) is 43.6 Å². The maximum atomic E-state index is 15.9. The third kappa shape index (κ3) is 4.36. The molecule has 0 N–H and O–H groups in total. The summed E-state index contributed by atoms with van der Waals surface area (Å²) in [6.45, 7) is 5.74. The van der Waals surface area contributed by atoms with Crippen molar-refractivity contribution in [2.75, 3.05) is 13.1 Å². The van der Waals surface area contributed by atoms with Gasteiger partial charge in [-0.05, 0) is 69.0 Å². The van der Waals surface area contributed by atoms with Gasteiger partial charge in [0.05, 0.1) is 12.2 Å². The number of carbonyl (C=O) groups excluding carboxylic acids is 1. The fourth-order valence-corrected chi connectivity index (χ4v) is 3.75. The molecule has 1 aliphatic heterocycles. The SMILES string of the molecule is CC(C)(C)OC(=O)N1CCC[C@](F)(c2cn3ccc(-c4ccnc(C#N)c4)cc3n2)C1. The number of hydrogen-bond acceptors (Lipinski definition) is 5. The first-order valence-electron chi connectivity index (χ1n) is 10.2.